The summed E-state index contributed by atoms with van der Waals surface area (Å²) in [6, 6.07) is 18.7. The predicted molar refractivity (Wildman–Crippen MR) is 137 cm³/mol. The van der Waals surface area contributed by atoms with Gasteiger partial charge in [-0.15, -0.1) is 0 Å². The summed E-state index contributed by atoms with van der Waals surface area (Å²) >= 11 is 7.25. The van der Waals surface area contributed by atoms with Crippen molar-refractivity contribution in [2.45, 2.75) is 24.3 Å². The van der Waals surface area contributed by atoms with Crippen molar-refractivity contribution in [3.63, 3.8) is 0 Å². The van der Waals surface area contributed by atoms with Crippen LogP contribution in [0, 0.1) is 0 Å². The quantitative estimate of drug-likeness (QED) is 0.281. The summed E-state index contributed by atoms with van der Waals surface area (Å²) in [6.45, 7) is 3.98. The van der Waals surface area contributed by atoms with Crippen molar-refractivity contribution in [2.24, 2.45) is 0 Å². The number of aromatic nitrogens is 2. The molecule has 4 aromatic rings. The number of sulfone groups is 1. The lowest BCUT2D eigenvalue weighted by molar-refractivity contribution is 0.101. The SMILES string of the molecule is CC1(C)Oc2cc(-c3ccccc3S(C)(=O)=O)ccc2-c2nc(-c3c(Br)cccc3Br)[nH]c21. The van der Waals surface area contributed by atoms with E-state index in [9.17, 15) is 8.42 Å². The molecule has 5 nitrogen and oxygen atoms in total. The summed E-state index contributed by atoms with van der Waals surface area (Å²) in [4.78, 5) is 8.70. The molecule has 2 heterocycles. The smallest absolute Gasteiger partial charge is 0.176 e. The van der Waals surface area contributed by atoms with E-state index in [0.29, 0.717) is 16.2 Å². The van der Waals surface area contributed by atoms with Crippen LogP contribution in [0.3, 0.4) is 0 Å². The molecule has 1 N–H and O–H groups in total. The fraction of sp³-hybridized carbons (Fsp3) is 0.160. The first kappa shape index (κ1) is 22.4. The highest BCUT2D eigenvalue weighted by atomic mass is 79.9. The molecular weight excluding hydrogens is 568 g/mol. The van der Waals surface area contributed by atoms with Gasteiger partial charge in [-0.05, 0) is 81.6 Å². The number of halogens is 2. The number of imidazole rings is 1. The Balaban J connectivity index is 1.68. The van der Waals surface area contributed by atoms with E-state index in [1.165, 1.54) is 6.26 Å². The van der Waals surface area contributed by atoms with Crippen LogP contribution >= 0.6 is 31.9 Å². The number of nitrogens with zero attached hydrogens (tertiary/aromatic N) is 1. The highest BCUT2D eigenvalue weighted by Crippen LogP contribution is 2.47. The number of rotatable bonds is 3. The van der Waals surface area contributed by atoms with Crippen LogP contribution < -0.4 is 4.74 Å². The number of fused-ring (bicyclic) bond motifs is 3. The molecule has 1 aromatic heterocycles. The van der Waals surface area contributed by atoms with Crippen molar-refractivity contribution in [3.05, 3.63) is 75.3 Å². The van der Waals surface area contributed by atoms with Gasteiger partial charge in [0.05, 0.1) is 16.3 Å². The Labute approximate surface area is 209 Å². The number of aromatic amines is 1. The molecule has 0 atom stereocenters. The first-order chi connectivity index (χ1) is 15.6. The second kappa shape index (κ2) is 7.82. The minimum Gasteiger partial charge on any atom is -0.481 e. The fourth-order valence-corrected chi connectivity index (χ4v) is 6.46. The Bertz CT molecular complexity index is 1500. The lowest BCUT2D eigenvalue weighted by Crippen LogP contribution is -2.29. The van der Waals surface area contributed by atoms with Gasteiger partial charge in [0.1, 0.15) is 17.2 Å². The normalized spacial score (nSPS) is 14.3. The minimum absolute atomic E-state index is 0.293. The van der Waals surface area contributed by atoms with E-state index in [-0.39, 0.29) is 0 Å². The molecule has 0 aliphatic carbocycles. The molecule has 0 unspecified atom stereocenters. The van der Waals surface area contributed by atoms with Gasteiger partial charge in [-0.2, -0.15) is 0 Å². The van der Waals surface area contributed by atoms with Gasteiger partial charge in [0.15, 0.2) is 9.84 Å². The first-order valence-electron chi connectivity index (χ1n) is 10.2. The molecule has 33 heavy (non-hydrogen) atoms. The molecule has 0 fully saturated rings. The average Bonchev–Trinajstić information content (AvgIpc) is 3.19. The van der Waals surface area contributed by atoms with Gasteiger partial charge in [0.2, 0.25) is 0 Å². The molecule has 8 heteroatoms. The summed E-state index contributed by atoms with van der Waals surface area (Å²) in [5, 5.41) is 0. The van der Waals surface area contributed by atoms with Gasteiger partial charge in [0, 0.05) is 31.9 Å². The lowest BCUT2D eigenvalue weighted by atomic mass is 9.93. The Hall–Kier alpha value is -2.42. The zero-order valence-corrected chi connectivity index (χ0v) is 22.1. The number of benzene rings is 3. The van der Waals surface area contributed by atoms with Crippen molar-refractivity contribution >= 4 is 41.7 Å². The highest BCUT2D eigenvalue weighted by molar-refractivity contribution is 9.11. The van der Waals surface area contributed by atoms with Crippen LogP contribution in [0.1, 0.15) is 19.5 Å². The molecule has 5 rings (SSSR count). The van der Waals surface area contributed by atoms with Crippen LogP contribution in [0.4, 0.5) is 0 Å². The van der Waals surface area contributed by atoms with Crippen LogP contribution in [-0.4, -0.2) is 24.6 Å². The third-order valence-corrected chi connectivity index (χ3v) is 8.18. The van der Waals surface area contributed by atoms with Crippen molar-refractivity contribution < 1.29 is 13.2 Å². The van der Waals surface area contributed by atoms with Crippen LogP contribution in [-0.2, 0) is 15.4 Å². The Morgan fingerprint density at radius 2 is 1.64 bits per heavy atom. The maximum Gasteiger partial charge on any atom is 0.176 e. The van der Waals surface area contributed by atoms with E-state index < -0.39 is 15.4 Å². The zero-order chi connectivity index (χ0) is 23.5. The van der Waals surface area contributed by atoms with E-state index >= 15 is 0 Å². The van der Waals surface area contributed by atoms with Gasteiger partial charge in [-0.3, -0.25) is 0 Å². The molecule has 0 amide bonds. The highest BCUT2D eigenvalue weighted by Gasteiger charge is 2.36. The third-order valence-electron chi connectivity index (χ3n) is 5.70. The van der Waals surface area contributed by atoms with Crippen molar-refractivity contribution in [1.82, 2.24) is 9.97 Å². The summed E-state index contributed by atoms with van der Waals surface area (Å²) < 4.78 is 32.9. The summed E-state index contributed by atoms with van der Waals surface area (Å²) in [6.07, 6.45) is 1.22. The van der Waals surface area contributed by atoms with Crippen LogP contribution in [0.5, 0.6) is 5.75 Å². The minimum atomic E-state index is -3.38. The molecule has 0 spiro atoms. The largest absolute Gasteiger partial charge is 0.481 e. The van der Waals surface area contributed by atoms with Crippen molar-refractivity contribution in [1.29, 1.82) is 0 Å². The summed E-state index contributed by atoms with van der Waals surface area (Å²) in [7, 11) is -3.38. The number of hydrogen-bond donors (Lipinski definition) is 1. The maximum absolute atomic E-state index is 12.3. The molecule has 168 valence electrons. The van der Waals surface area contributed by atoms with Crippen LogP contribution in [0.2, 0.25) is 0 Å². The fourth-order valence-electron chi connectivity index (χ4n) is 4.17. The Kier molecular flexibility index (Phi) is 5.30. The molecule has 1 aliphatic rings. The van der Waals surface area contributed by atoms with Crippen LogP contribution in [0.25, 0.3) is 33.8 Å². The van der Waals surface area contributed by atoms with Gasteiger partial charge < -0.3 is 9.72 Å². The summed E-state index contributed by atoms with van der Waals surface area (Å²) in [5.41, 5.74) is 4.27. The molecule has 0 saturated carbocycles. The monoisotopic (exact) mass is 586 g/mol. The average molecular weight is 588 g/mol. The van der Waals surface area contributed by atoms with Crippen LogP contribution in [0.15, 0.2) is 74.5 Å². The topological polar surface area (TPSA) is 72.1 Å². The molecule has 0 bridgehead atoms. The molecule has 0 radical (unpaired) electrons. The number of H-pyrrole nitrogens is 1. The molecule has 0 saturated heterocycles. The second-order valence-electron chi connectivity index (χ2n) is 8.50. The Morgan fingerprint density at radius 3 is 2.33 bits per heavy atom. The van der Waals surface area contributed by atoms with E-state index in [1.807, 2.05) is 62.4 Å². The predicted octanol–water partition coefficient (Wildman–Crippen LogP) is 6.97. The van der Waals surface area contributed by atoms with Gasteiger partial charge >= 0.3 is 0 Å². The zero-order valence-electron chi connectivity index (χ0n) is 18.1. The lowest BCUT2D eigenvalue weighted by Gasteiger charge is -2.32. The van der Waals surface area contributed by atoms with Gasteiger partial charge in [0.25, 0.3) is 0 Å². The van der Waals surface area contributed by atoms with E-state index in [1.54, 1.807) is 12.1 Å². The molecule has 3 aromatic carbocycles. The van der Waals surface area contributed by atoms with E-state index in [0.717, 1.165) is 42.8 Å². The maximum atomic E-state index is 12.3. The van der Waals surface area contributed by atoms with Gasteiger partial charge in [-0.25, -0.2) is 13.4 Å². The standard InChI is InChI=1S/C25H20Br2N2O3S/c1-25(2)23-22(28-24(29-23)21-17(26)8-6-9-18(21)27)16-12-11-14(13-19(16)32-25)15-7-4-5-10-20(15)33(3,30)31/h4-13H,1-3H3,(H,28,29). The number of nitrogens with one attached hydrogen (secondary N) is 1. The van der Waals surface area contributed by atoms with Crippen molar-refractivity contribution in [2.75, 3.05) is 6.26 Å². The van der Waals surface area contributed by atoms with E-state index in [4.69, 9.17) is 9.72 Å². The first-order valence-corrected chi connectivity index (χ1v) is 13.7. The van der Waals surface area contributed by atoms with Gasteiger partial charge in [-0.1, -0.05) is 30.3 Å². The number of ether oxygens (including phenoxy) is 1. The van der Waals surface area contributed by atoms with Crippen molar-refractivity contribution in [3.8, 4) is 39.5 Å². The third kappa shape index (κ3) is 3.84. The number of hydrogen-bond acceptors (Lipinski definition) is 4. The summed E-state index contributed by atoms with van der Waals surface area (Å²) in [5.74, 6) is 1.40. The Morgan fingerprint density at radius 1 is 0.939 bits per heavy atom. The molecular formula is C25H20Br2N2O3S. The van der Waals surface area contributed by atoms with E-state index in [2.05, 4.69) is 36.8 Å². The second-order valence-corrected chi connectivity index (χ2v) is 12.2. The molecule has 1 aliphatic heterocycles.